The lowest BCUT2D eigenvalue weighted by Gasteiger charge is -2.21. The number of nitrogens with zero attached hydrogens (tertiary/aromatic N) is 1. The van der Waals surface area contributed by atoms with Crippen molar-refractivity contribution in [3.8, 4) is 0 Å². The molecule has 96 valence electrons. The van der Waals surface area contributed by atoms with E-state index in [9.17, 15) is 14.9 Å². The molecule has 0 spiro atoms. The van der Waals surface area contributed by atoms with Crippen LogP contribution < -0.4 is 5.32 Å². The molecule has 0 aromatic heterocycles. The predicted octanol–water partition coefficient (Wildman–Crippen LogP) is 2.08. The SMILES string of the molecule is O=C1CCNCC1Cc1ccc([N+](=O)[O-])cc1Br. The van der Waals surface area contributed by atoms with Crippen LogP contribution in [0.15, 0.2) is 22.7 Å². The second kappa shape index (κ2) is 5.58. The van der Waals surface area contributed by atoms with Gasteiger partial charge in [0, 0.05) is 42.0 Å². The van der Waals surface area contributed by atoms with Gasteiger partial charge in [0.15, 0.2) is 0 Å². The van der Waals surface area contributed by atoms with Crippen molar-refractivity contribution in [3.05, 3.63) is 38.3 Å². The molecule has 1 fully saturated rings. The van der Waals surface area contributed by atoms with Crippen LogP contribution in [0.2, 0.25) is 0 Å². The summed E-state index contributed by atoms with van der Waals surface area (Å²) >= 11 is 3.33. The molecule has 5 nitrogen and oxygen atoms in total. The zero-order chi connectivity index (χ0) is 13.1. The minimum absolute atomic E-state index is 0.0310. The number of piperidine rings is 1. The minimum Gasteiger partial charge on any atom is -0.316 e. The molecule has 18 heavy (non-hydrogen) atoms. The zero-order valence-electron chi connectivity index (χ0n) is 9.69. The molecule has 1 heterocycles. The van der Waals surface area contributed by atoms with E-state index in [2.05, 4.69) is 21.2 Å². The van der Waals surface area contributed by atoms with Gasteiger partial charge < -0.3 is 5.32 Å². The topological polar surface area (TPSA) is 72.2 Å². The number of benzene rings is 1. The third-order valence-electron chi connectivity index (χ3n) is 3.11. The molecule has 1 aliphatic heterocycles. The maximum atomic E-state index is 11.7. The molecule has 1 aromatic rings. The van der Waals surface area contributed by atoms with Crippen LogP contribution in [-0.2, 0) is 11.2 Å². The Kier molecular flexibility index (Phi) is 4.08. The van der Waals surface area contributed by atoms with Gasteiger partial charge in [-0.1, -0.05) is 22.0 Å². The summed E-state index contributed by atoms with van der Waals surface area (Å²) in [6.45, 7) is 1.43. The number of nitrogens with one attached hydrogen (secondary N) is 1. The fourth-order valence-corrected chi connectivity index (χ4v) is 2.60. The maximum Gasteiger partial charge on any atom is 0.270 e. The van der Waals surface area contributed by atoms with E-state index in [1.807, 2.05) is 0 Å². The summed E-state index contributed by atoms with van der Waals surface area (Å²) in [4.78, 5) is 21.9. The van der Waals surface area contributed by atoms with E-state index in [1.54, 1.807) is 6.07 Å². The summed E-state index contributed by atoms with van der Waals surface area (Å²) in [5, 5.41) is 13.8. The van der Waals surface area contributed by atoms with Crippen LogP contribution in [0.1, 0.15) is 12.0 Å². The Labute approximate surface area is 113 Å². The smallest absolute Gasteiger partial charge is 0.270 e. The standard InChI is InChI=1S/C12H13BrN2O3/c13-11-6-10(15(17)18)2-1-8(11)5-9-7-14-4-3-12(9)16/h1-2,6,9,14H,3-5,7H2. The number of nitro benzene ring substituents is 1. The van der Waals surface area contributed by atoms with E-state index in [0.29, 0.717) is 23.9 Å². The first-order chi connectivity index (χ1) is 8.58. The fourth-order valence-electron chi connectivity index (χ4n) is 2.07. The molecule has 0 saturated carbocycles. The third kappa shape index (κ3) is 2.94. The highest BCUT2D eigenvalue weighted by Crippen LogP contribution is 2.26. The summed E-state index contributed by atoms with van der Waals surface area (Å²) in [5.41, 5.74) is 0.987. The van der Waals surface area contributed by atoms with Gasteiger partial charge in [0.25, 0.3) is 5.69 Å². The van der Waals surface area contributed by atoms with Gasteiger partial charge in [0.1, 0.15) is 5.78 Å². The van der Waals surface area contributed by atoms with E-state index in [1.165, 1.54) is 12.1 Å². The van der Waals surface area contributed by atoms with Crippen molar-refractivity contribution < 1.29 is 9.72 Å². The van der Waals surface area contributed by atoms with Crippen LogP contribution >= 0.6 is 15.9 Å². The van der Waals surface area contributed by atoms with Gasteiger partial charge in [-0.2, -0.15) is 0 Å². The Balaban J connectivity index is 2.14. The van der Waals surface area contributed by atoms with Gasteiger partial charge in [0.2, 0.25) is 0 Å². The summed E-state index contributed by atoms with van der Waals surface area (Å²) < 4.78 is 0.690. The number of carbonyl (C=O) groups excluding carboxylic acids is 1. The van der Waals surface area contributed by atoms with E-state index >= 15 is 0 Å². The number of ketones is 1. The largest absolute Gasteiger partial charge is 0.316 e. The molecule has 1 saturated heterocycles. The Bertz CT molecular complexity index is 490. The van der Waals surface area contributed by atoms with Crippen molar-refractivity contribution >= 4 is 27.4 Å². The van der Waals surface area contributed by atoms with Crippen molar-refractivity contribution in [1.29, 1.82) is 0 Å². The molecule has 0 radical (unpaired) electrons. The first-order valence-electron chi connectivity index (χ1n) is 5.74. The summed E-state index contributed by atoms with van der Waals surface area (Å²) in [6, 6.07) is 4.67. The van der Waals surface area contributed by atoms with Gasteiger partial charge >= 0.3 is 0 Å². The highest BCUT2D eigenvalue weighted by molar-refractivity contribution is 9.10. The molecule has 1 aliphatic rings. The number of nitro groups is 1. The lowest BCUT2D eigenvalue weighted by Crippen LogP contribution is -2.38. The molecular weight excluding hydrogens is 300 g/mol. The van der Waals surface area contributed by atoms with Crippen molar-refractivity contribution in [1.82, 2.24) is 5.32 Å². The minimum atomic E-state index is -0.429. The zero-order valence-corrected chi connectivity index (χ0v) is 11.3. The van der Waals surface area contributed by atoms with Crippen LogP contribution in [0, 0.1) is 16.0 Å². The molecule has 0 amide bonds. The molecule has 0 bridgehead atoms. The van der Waals surface area contributed by atoms with E-state index in [0.717, 1.165) is 12.1 Å². The lowest BCUT2D eigenvalue weighted by atomic mass is 9.91. The summed E-state index contributed by atoms with van der Waals surface area (Å²) in [5.74, 6) is 0.232. The van der Waals surface area contributed by atoms with E-state index in [4.69, 9.17) is 0 Å². The van der Waals surface area contributed by atoms with Gasteiger partial charge in [-0.25, -0.2) is 0 Å². The van der Waals surface area contributed by atoms with E-state index in [-0.39, 0.29) is 17.4 Å². The lowest BCUT2D eigenvalue weighted by molar-refractivity contribution is -0.384. The van der Waals surface area contributed by atoms with Crippen LogP contribution in [0.25, 0.3) is 0 Å². The average molecular weight is 313 g/mol. The fraction of sp³-hybridized carbons (Fsp3) is 0.417. The molecule has 1 atom stereocenters. The van der Waals surface area contributed by atoms with Crippen molar-refractivity contribution in [3.63, 3.8) is 0 Å². The molecular formula is C12H13BrN2O3. The molecule has 2 rings (SSSR count). The Morgan fingerprint density at radius 2 is 2.28 bits per heavy atom. The second-order valence-electron chi connectivity index (χ2n) is 4.35. The third-order valence-corrected chi connectivity index (χ3v) is 3.85. The number of hydrogen-bond donors (Lipinski definition) is 1. The van der Waals surface area contributed by atoms with Gasteiger partial charge in [-0.15, -0.1) is 0 Å². The number of hydrogen-bond acceptors (Lipinski definition) is 4. The number of Topliss-reactive ketones (excluding diaryl/α,β-unsaturated/α-hetero) is 1. The predicted molar refractivity (Wildman–Crippen MR) is 70.5 cm³/mol. The highest BCUT2D eigenvalue weighted by atomic mass is 79.9. The number of non-ortho nitro benzene ring substituents is 1. The van der Waals surface area contributed by atoms with Gasteiger partial charge in [-0.3, -0.25) is 14.9 Å². The average Bonchev–Trinajstić information content (AvgIpc) is 2.34. The summed E-state index contributed by atoms with van der Waals surface area (Å²) in [7, 11) is 0. The Hall–Kier alpha value is -1.27. The normalized spacial score (nSPS) is 19.8. The van der Waals surface area contributed by atoms with Crippen LogP contribution in [0.5, 0.6) is 0 Å². The highest BCUT2D eigenvalue weighted by Gasteiger charge is 2.23. The molecule has 0 aliphatic carbocycles. The van der Waals surface area contributed by atoms with Gasteiger partial charge in [-0.05, 0) is 12.0 Å². The second-order valence-corrected chi connectivity index (χ2v) is 5.21. The van der Waals surface area contributed by atoms with Crippen molar-refractivity contribution in [2.24, 2.45) is 5.92 Å². The number of rotatable bonds is 3. The molecule has 6 heteroatoms. The van der Waals surface area contributed by atoms with Crippen molar-refractivity contribution in [2.75, 3.05) is 13.1 Å². The number of halogens is 1. The first kappa shape index (κ1) is 13.2. The summed E-state index contributed by atoms with van der Waals surface area (Å²) in [6.07, 6.45) is 1.18. The molecule has 1 N–H and O–H groups in total. The molecule has 1 unspecified atom stereocenters. The number of carbonyl (C=O) groups is 1. The van der Waals surface area contributed by atoms with Crippen molar-refractivity contribution in [2.45, 2.75) is 12.8 Å². The molecule has 1 aromatic carbocycles. The maximum absolute atomic E-state index is 11.7. The Morgan fingerprint density at radius 1 is 1.50 bits per heavy atom. The monoisotopic (exact) mass is 312 g/mol. The van der Waals surface area contributed by atoms with Crippen LogP contribution in [0.4, 0.5) is 5.69 Å². The first-order valence-corrected chi connectivity index (χ1v) is 6.53. The Morgan fingerprint density at radius 3 is 2.89 bits per heavy atom. The van der Waals surface area contributed by atoms with Crippen LogP contribution in [-0.4, -0.2) is 23.8 Å². The van der Waals surface area contributed by atoms with E-state index < -0.39 is 4.92 Å². The quantitative estimate of drug-likeness (QED) is 0.685. The van der Waals surface area contributed by atoms with Gasteiger partial charge in [0.05, 0.1) is 4.92 Å². The van der Waals surface area contributed by atoms with Crippen LogP contribution in [0.3, 0.4) is 0 Å².